The number of amides is 1. The van der Waals surface area contributed by atoms with Gasteiger partial charge in [0.25, 0.3) is 5.91 Å². The van der Waals surface area contributed by atoms with E-state index >= 15 is 0 Å². The van der Waals surface area contributed by atoms with Crippen LogP contribution < -0.4 is 4.74 Å². The Morgan fingerprint density at radius 3 is 2.31 bits per heavy atom. The molecule has 2 saturated heterocycles. The van der Waals surface area contributed by atoms with Crippen molar-refractivity contribution in [2.75, 3.05) is 46.5 Å². The number of Topliss-reactive ketones (excluding diaryl/α,β-unsaturated/α-hetero) is 2. The average Bonchev–Trinajstić information content (AvgIpc) is 3.08. The lowest BCUT2D eigenvalue weighted by atomic mass is 9.86. The molecule has 7 nitrogen and oxygen atoms in total. The lowest BCUT2D eigenvalue weighted by Crippen LogP contribution is -2.42. The molecule has 168 valence electrons. The molecule has 0 bridgehead atoms. The van der Waals surface area contributed by atoms with E-state index in [4.69, 9.17) is 9.47 Å². The van der Waals surface area contributed by atoms with Gasteiger partial charge in [-0.3, -0.25) is 19.3 Å². The Morgan fingerprint density at radius 2 is 1.69 bits per heavy atom. The molecular weight excluding hydrogens is 415 g/mol. The molecule has 4 rings (SSSR count). The number of rotatable bonds is 7. The maximum absolute atomic E-state index is 13.4. The van der Waals surface area contributed by atoms with Crippen LogP contribution in [0, 0.1) is 11.7 Å². The van der Waals surface area contributed by atoms with Crippen molar-refractivity contribution in [3.63, 3.8) is 0 Å². The summed E-state index contributed by atoms with van der Waals surface area (Å²) in [5.74, 6) is -2.93. The molecule has 2 aromatic carbocycles. The number of likely N-dealkylation sites (tertiary alicyclic amines) is 1. The SMILES string of the molecule is COc1ccc(C2C(C(=O)c3ccc(F)cc3)C(=O)C(=O)N2CCN2CCOCC2)cc1. The summed E-state index contributed by atoms with van der Waals surface area (Å²) in [5.41, 5.74) is 0.874. The Bertz CT molecular complexity index is 986. The fourth-order valence-electron chi connectivity index (χ4n) is 4.27. The van der Waals surface area contributed by atoms with Gasteiger partial charge in [0.1, 0.15) is 17.5 Å². The van der Waals surface area contributed by atoms with Crippen molar-refractivity contribution in [1.82, 2.24) is 9.80 Å². The first-order valence-corrected chi connectivity index (χ1v) is 10.6. The number of morpholine rings is 1. The number of halogens is 1. The molecule has 0 spiro atoms. The summed E-state index contributed by atoms with van der Waals surface area (Å²) >= 11 is 0. The van der Waals surface area contributed by atoms with Crippen LogP contribution in [0.3, 0.4) is 0 Å². The summed E-state index contributed by atoms with van der Waals surface area (Å²) in [5, 5.41) is 0. The molecule has 32 heavy (non-hydrogen) atoms. The van der Waals surface area contributed by atoms with Crippen LogP contribution in [0.15, 0.2) is 48.5 Å². The minimum atomic E-state index is -1.19. The highest BCUT2D eigenvalue weighted by atomic mass is 19.1. The first-order valence-electron chi connectivity index (χ1n) is 10.6. The summed E-state index contributed by atoms with van der Waals surface area (Å²) in [4.78, 5) is 43.0. The molecule has 2 atom stereocenters. The lowest BCUT2D eigenvalue weighted by Gasteiger charge is -2.31. The zero-order chi connectivity index (χ0) is 22.7. The van der Waals surface area contributed by atoms with E-state index in [2.05, 4.69) is 4.90 Å². The third-order valence-electron chi connectivity index (χ3n) is 6.04. The number of hydrogen-bond acceptors (Lipinski definition) is 6. The molecule has 2 aromatic rings. The summed E-state index contributed by atoms with van der Waals surface area (Å²) in [6, 6.07) is 11.3. The van der Waals surface area contributed by atoms with Crippen LogP contribution in [0.2, 0.25) is 0 Å². The van der Waals surface area contributed by atoms with E-state index in [1.807, 2.05) is 0 Å². The number of carbonyl (C=O) groups is 3. The van der Waals surface area contributed by atoms with Crippen LogP contribution in [0.4, 0.5) is 4.39 Å². The molecule has 2 unspecified atom stereocenters. The van der Waals surface area contributed by atoms with Crippen molar-refractivity contribution >= 4 is 17.5 Å². The van der Waals surface area contributed by atoms with Crippen molar-refractivity contribution in [2.24, 2.45) is 5.92 Å². The summed E-state index contributed by atoms with van der Waals surface area (Å²) in [7, 11) is 1.55. The zero-order valence-corrected chi connectivity index (χ0v) is 17.8. The van der Waals surface area contributed by atoms with Crippen molar-refractivity contribution < 1.29 is 28.2 Å². The third-order valence-corrected chi connectivity index (χ3v) is 6.04. The number of hydrogen-bond donors (Lipinski definition) is 0. The van der Waals surface area contributed by atoms with Crippen LogP contribution in [-0.4, -0.2) is 73.8 Å². The number of ketones is 2. The number of carbonyl (C=O) groups excluding carboxylic acids is 3. The quantitative estimate of drug-likeness (QED) is 0.373. The maximum Gasteiger partial charge on any atom is 0.291 e. The standard InChI is InChI=1S/C24H25FN2O5/c1-31-19-8-4-16(5-9-19)21-20(22(28)17-2-6-18(25)7-3-17)23(29)24(30)27(21)11-10-26-12-14-32-15-13-26/h2-9,20-21H,10-15H2,1H3. The van der Waals surface area contributed by atoms with Gasteiger partial charge in [0.2, 0.25) is 5.78 Å². The van der Waals surface area contributed by atoms with Crippen molar-refractivity contribution in [3.8, 4) is 5.75 Å². The molecule has 0 aliphatic carbocycles. The van der Waals surface area contributed by atoms with Gasteiger partial charge >= 0.3 is 0 Å². The van der Waals surface area contributed by atoms with E-state index in [-0.39, 0.29) is 5.56 Å². The van der Waals surface area contributed by atoms with Crippen LogP contribution in [-0.2, 0) is 14.3 Å². The van der Waals surface area contributed by atoms with Gasteiger partial charge in [-0.2, -0.15) is 0 Å². The number of methoxy groups -OCH3 is 1. The third kappa shape index (κ3) is 4.42. The molecule has 0 N–H and O–H groups in total. The fourth-order valence-corrected chi connectivity index (χ4v) is 4.27. The second-order valence-corrected chi connectivity index (χ2v) is 7.88. The van der Waals surface area contributed by atoms with E-state index in [0.717, 1.165) is 13.1 Å². The second kappa shape index (κ2) is 9.58. The maximum atomic E-state index is 13.4. The van der Waals surface area contributed by atoms with Crippen LogP contribution >= 0.6 is 0 Å². The van der Waals surface area contributed by atoms with Gasteiger partial charge < -0.3 is 14.4 Å². The van der Waals surface area contributed by atoms with E-state index in [0.29, 0.717) is 37.6 Å². The van der Waals surface area contributed by atoms with Gasteiger partial charge in [-0.05, 0) is 42.0 Å². The first-order chi connectivity index (χ1) is 15.5. The number of benzene rings is 2. The molecule has 0 aromatic heterocycles. The Hall–Kier alpha value is -3.10. The smallest absolute Gasteiger partial charge is 0.291 e. The summed E-state index contributed by atoms with van der Waals surface area (Å²) in [6.07, 6.45) is 0. The normalized spacial score (nSPS) is 21.8. The molecule has 0 saturated carbocycles. The summed E-state index contributed by atoms with van der Waals surface area (Å²) < 4.78 is 23.9. The van der Waals surface area contributed by atoms with E-state index in [1.165, 1.54) is 29.2 Å². The molecule has 2 aliphatic rings. The molecule has 8 heteroatoms. The Morgan fingerprint density at radius 1 is 1.03 bits per heavy atom. The lowest BCUT2D eigenvalue weighted by molar-refractivity contribution is -0.141. The molecular formula is C24H25FN2O5. The van der Waals surface area contributed by atoms with Gasteiger partial charge in [0.05, 0.1) is 26.4 Å². The van der Waals surface area contributed by atoms with E-state index < -0.39 is 35.3 Å². The van der Waals surface area contributed by atoms with Gasteiger partial charge in [-0.1, -0.05) is 12.1 Å². The van der Waals surface area contributed by atoms with Crippen molar-refractivity contribution in [3.05, 3.63) is 65.5 Å². The van der Waals surface area contributed by atoms with Crippen LogP contribution in [0.5, 0.6) is 5.75 Å². The van der Waals surface area contributed by atoms with Gasteiger partial charge in [0.15, 0.2) is 5.78 Å². The van der Waals surface area contributed by atoms with E-state index in [9.17, 15) is 18.8 Å². The topological polar surface area (TPSA) is 76.2 Å². The van der Waals surface area contributed by atoms with Gasteiger partial charge in [-0.15, -0.1) is 0 Å². The fraction of sp³-hybridized carbons (Fsp3) is 0.375. The van der Waals surface area contributed by atoms with Crippen molar-refractivity contribution in [1.29, 1.82) is 0 Å². The molecule has 0 radical (unpaired) electrons. The van der Waals surface area contributed by atoms with E-state index in [1.54, 1.807) is 31.4 Å². The predicted molar refractivity (Wildman–Crippen MR) is 114 cm³/mol. The largest absolute Gasteiger partial charge is 0.497 e. The van der Waals surface area contributed by atoms with Crippen LogP contribution in [0.25, 0.3) is 0 Å². The highest BCUT2D eigenvalue weighted by Crippen LogP contribution is 2.38. The Kier molecular flexibility index (Phi) is 6.62. The first kappa shape index (κ1) is 22.1. The van der Waals surface area contributed by atoms with Gasteiger partial charge in [-0.25, -0.2) is 4.39 Å². The Balaban J connectivity index is 1.66. The molecule has 1 amide bonds. The zero-order valence-electron chi connectivity index (χ0n) is 17.8. The molecule has 2 fully saturated rings. The minimum absolute atomic E-state index is 0.200. The molecule has 2 heterocycles. The highest BCUT2D eigenvalue weighted by molar-refractivity contribution is 6.44. The van der Waals surface area contributed by atoms with Crippen molar-refractivity contribution in [2.45, 2.75) is 6.04 Å². The monoisotopic (exact) mass is 440 g/mol. The summed E-state index contributed by atoms with van der Waals surface area (Å²) in [6.45, 7) is 3.64. The van der Waals surface area contributed by atoms with Gasteiger partial charge in [0, 0.05) is 31.7 Å². The second-order valence-electron chi connectivity index (χ2n) is 7.88. The minimum Gasteiger partial charge on any atom is -0.497 e. The van der Waals surface area contributed by atoms with Crippen LogP contribution in [0.1, 0.15) is 22.0 Å². The highest BCUT2D eigenvalue weighted by Gasteiger charge is 2.51. The average molecular weight is 440 g/mol. The molecule has 2 aliphatic heterocycles. The number of ether oxygens (including phenoxy) is 2. The Labute approximate surface area is 185 Å². The number of nitrogens with zero attached hydrogens (tertiary/aromatic N) is 2. The predicted octanol–water partition coefficient (Wildman–Crippen LogP) is 2.12.